The van der Waals surface area contributed by atoms with Gasteiger partial charge in [-0.05, 0) is 30.9 Å². The SMILES string of the molecule is CCC1(C)C(=O)N(C)c2cccc3c2c1nc1ccccc13. The van der Waals surface area contributed by atoms with Crippen LogP contribution in [0.4, 0.5) is 5.69 Å². The smallest absolute Gasteiger partial charge is 0.238 e. The van der Waals surface area contributed by atoms with Gasteiger partial charge in [-0.2, -0.15) is 0 Å². The van der Waals surface area contributed by atoms with Crippen LogP contribution in [-0.2, 0) is 10.2 Å². The first-order valence-electron chi connectivity index (χ1n) is 7.68. The zero-order chi connectivity index (χ0) is 15.5. The van der Waals surface area contributed by atoms with E-state index in [4.69, 9.17) is 4.98 Å². The molecular formula is C19H18N2O. The number of para-hydroxylation sites is 1. The Morgan fingerprint density at radius 3 is 2.59 bits per heavy atom. The number of carbonyl (C=O) groups is 1. The van der Waals surface area contributed by atoms with E-state index in [2.05, 4.69) is 19.1 Å². The van der Waals surface area contributed by atoms with E-state index in [0.29, 0.717) is 0 Å². The maximum absolute atomic E-state index is 12.9. The maximum Gasteiger partial charge on any atom is 0.238 e. The number of nitrogens with zero attached hydrogens (tertiary/aromatic N) is 2. The summed E-state index contributed by atoms with van der Waals surface area (Å²) in [5.74, 6) is 0.123. The Hall–Kier alpha value is -2.42. The molecule has 0 bridgehead atoms. The molecule has 110 valence electrons. The molecule has 22 heavy (non-hydrogen) atoms. The van der Waals surface area contributed by atoms with Crippen LogP contribution < -0.4 is 4.90 Å². The molecule has 4 rings (SSSR count). The van der Waals surface area contributed by atoms with Crippen molar-refractivity contribution in [3.05, 3.63) is 48.2 Å². The van der Waals surface area contributed by atoms with Gasteiger partial charge in [-0.25, -0.2) is 0 Å². The third-order valence-corrected chi connectivity index (χ3v) is 5.07. The number of anilines is 1. The molecule has 0 spiro atoms. The molecule has 3 aromatic rings. The van der Waals surface area contributed by atoms with E-state index < -0.39 is 5.41 Å². The van der Waals surface area contributed by atoms with E-state index >= 15 is 0 Å². The zero-order valence-corrected chi connectivity index (χ0v) is 13.1. The minimum atomic E-state index is -0.564. The van der Waals surface area contributed by atoms with Crippen molar-refractivity contribution >= 4 is 33.3 Å². The molecular weight excluding hydrogens is 272 g/mol. The normalized spacial score (nSPS) is 20.9. The van der Waals surface area contributed by atoms with Gasteiger partial charge in [-0.1, -0.05) is 37.3 Å². The van der Waals surface area contributed by atoms with Crippen LogP contribution >= 0.6 is 0 Å². The average molecular weight is 290 g/mol. The molecule has 0 fully saturated rings. The Labute approximate surface area is 129 Å². The maximum atomic E-state index is 12.9. The monoisotopic (exact) mass is 290 g/mol. The predicted octanol–water partition coefficient (Wildman–Crippen LogP) is 4.03. The quantitative estimate of drug-likeness (QED) is 0.634. The Balaban J connectivity index is 2.28. The number of rotatable bonds is 1. The first kappa shape index (κ1) is 13.3. The number of aromatic nitrogens is 1. The summed E-state index contributed by atoms with van der Waals surface area (Å²) in [6.45, 7) is 4.07. The number of amides is 1. The highest BCUT2D eigenvalue weighted by Crippen LogP contribution is 2.44. The van der Waals surface area contributed by atoms with Crippen molar-refractivity contribution in [3.63, 3.8) is 0 Å². The number of carbonyl (C=O) groups excluding carboxylic acids is 1. The van der Waals surface area contributed by atoms with Crippen molar-refractivity contribution < 1.29 is 4.79 Å². The number of hydrogen-bond donors (Lipinski definition) is 0. The number of benzene rings is 2. The Morgan fingerprint density at radius 2 is 1.82 bits per heavy atom. The summed E-state index contributed by atoms with van der Waals surface area (Å²) in [6.07, 6.45) is 0.741. The number of hydrogen-bond acceptors (Lipinski definition) is 2. The van der Waals surface area contributed by atoms with Gasteiger partial charge in [0.25, 0.3) is 0 Å². The van der Waals surface area contributed by atoms with Crippen LogP contribution in [0, 0.1) is 0 Å². The molecule has 0 aliphatic carbocycles. The molecule has 1 atom stereocenters. The van der Waals surface area contributed by atoms with Crippen molar-refractivity contribution in [2.45, 2.75) is 25.7 Å². The van der Waals surface area contributed by atoms with E-state index in [0.717, 1.165) is 34.1 Å². The largest absolute Gasteiger partial charge is 0.314 e. The summed E-state index contributed by atoms with van der Waals surface area (Å²) in [7, 11) is 1.86. The molecule has 1 amide bonds. The molecule has 2 aromatic carbocycles. The molecule has 3 heteroatoms. The van der Waals surface area contributed by atoms with Crippen LogP contribution in [0.3, 0.4) is 0 Å². The van der Waals surface area contributed by atoms with Crippen molar-refractivity contribution in [1.82, 2.24) is 4.98 Å². The van der Waals surface area contributed by atoms with Gasteiger partial charge >= 0.3 is 0 Å². The second-order valence-corrected chi connectivity index (χ2v) is 6.23. The minimum Gasteiger partial charge on any atom is -0.314 e. The molecule has 1 unspecified atom stereocenters. The van der Waals surface area contributed by atoms with E-state index in [1.54, 1.807) is 4.90 Å². The topological polar surface area (TPSA) is 33.2 Å². The molecule has 1 aromatic heterocycles. The van der Waals surface area contributed by atoms with Crippen LogP contribution in [0.1, 0.15) is 26.0 Å². The third-order valence-electron chi connectivity index (χ3n) is 5.07. The highest BCUT2D eigenvalue weighted by molar-refractivity contribution is 6.19. The summed E-state index contributed by atoms with van der Waals surface area (Å²) in [6, 6.07) is 14.3. The molecule has 0 radical (unpaired) electrons. The van der Waals surface area contributed by atoms with Crippen LogP contribution in [0.25, 0.3) is 21.7 Å². The van der Waals surface area contributed by atoms with E-state index in [1.165, 1.54) is 5.39 Å². The van der Waals surface area contributed by atoms with Gasteiger partial charge in [-0.15, -0.1) is 0 Å². The van der Waals surface area contributed by atoms with Crippen molar-refractivity contribution in [2.24, 2.45) is 0 Å². The van der Waals surface area contributed by atoms with Crippen molar-refractivity contribution in [3.8, 4) is 0 Å². The van der Waals surface area contributed by atoms with Crippen molar-refractivity contribution in [2.75, 3.05) is 11.9 Å². The predicted molar refractivity (Wildman–Crippen MR) is 90.3 cm³/mol. The van der Waals surface area contributed by atoms with Crippen molar-refractivity contribution in [1.29, 1.82) is 0 Å². The number of pyridine rings is 1. The van der Waals surface area contributed by atoms with Gasteiger partial charge in [0.1, 0.15) is 0 Å². The molecule has 0 saturated carbocycles. The second-order valence-electron chi connectivity index (χ2n) is 6.23. The minimum absolute atomic E-state index is 0.123. The Bertz CT molecular complexity index is 931. The van der Waals surface area contributed by atoms with Crippen LogP contribution in [0.15, 0.2) is 42.5 Å². The second kappa shape index (κ2) is 4.29. The van der Waals surface area contributed by atoms with E-state index in [-0.39, 0.29) is 5.91 Å². The zero-order valence-electron chi connectivity index (χ0n) is 13.1. The fourth-order valence-electron chi connectivity index (χ4n) is 3.57. The van der Waals surface area contributed by atoms with E-state index in [1.807, 2.05) is 44.3 Å². The molecule has 0 N–H and O–H groups in total. The van der Waals surface area contributed by atoms with Gasteiger partial charge in [-0.3, -0.25) is 9.78 Å². The lowest BCUT2D eigenvalue weighted by molar-refractivity contribution is -0.123. The highest BCUT2D eigenvalue weighted by Gasteiger charge is 2.43. The average Bonchev–Trinajstić information content (AvgIpc) is 2.57. The summed E-state index contributed by atoms with van der Waals surface area (Å²) in [5, 5.41) is 3.44. The van der Waals surface area contributed by atoms with Gasteiger partial charge in [0, 0.05) is 17.8 Å². The van der Waals surface area contributed by atoms with Crippen LogP contribution in [0.5, 0.6) is 0 Å². The van der Waals surface area contributed by atoms with Gasteiger partial charge in [0.15, 0.2) is 0 Å². The van der Waals surface area contributed by atoms with Gasteiger partial charge in [0.05, 0.1) is 22.3 Å². The first-order chi connectivity index (χ1) is 10.6. The Kier molecular flexibility index (Phi) is 2.59. The summed E-state index contributed by atoms with van der Waals surface area (Å²) >= 11 is 0. The highest BCUT2D eigenvalue weighted by atomic mass is 16.2. The third kappa shape index (κ3) is 1.46. The number of likely N-dealkylation sites (N-methyl/N-ethyl adjacent to an activating group) is 1. The summed E-state index contributed by atoms with van der Waals surface area (Å²) in [4.78, 5) is 19.6. The molecule has 3 nitrogen and oxygen atoms in total. The van der Waals surface area contributed by atoms with Gasteiger partial charge < -0.3 is 4.90 Å². The van der Waals surface area contributed by atoms with Gasteiger partial charge in [0.2, 0.25) is 5.91 Å². The van der Waals surface area contributed by atoms with E-state index in [9.17, 15) is 4.79 Å². The molecule has 2 heterocycles. The lowest BCUT2D eigenvalue weighted by Crippen LogP contribution is -2.46. The molecule has 1 aliphatic rings. The number of fused-ring (bicyclic) bond motifs is 2. The van der Waals surface area contributed by atoms with Crippen LogP contribution in [-0.4, -0.2) is 17.9 Å². The summed E-state index contributed by atoms with van der Waals surface area (Å²) < 4.78 is 0. The van der Waals surface area contributed by atoms with Crippen LogP contribution in [0.2, 0.25) is 0 Å². The fraction of sp³-hybridized carbons (Fsp3) is 0.263. The fourth-order valence-corrected chi connectivity index (χ4v) is 3.57. The Morgan fingerprint density at radius 1 is 1.09 bits per heavy atom. The lowest BCUT2D eigenvalue weighted by atomic mass is 9.76. The summed E-state index contributed by atoms with van der Waals surface area (Å²) in [5.41, 5.74) is 2.27. The lowest BCUT2D eigenvalue weighted by Gasteiger charge is -2.38. The standard InChI is InChI=1S/C19H18N2O/c1-4-19(2)17-16-13(12-8-5-6-10-14(12)20-17)9-7-11-15(16)21(3)18(19)22/h5-11H,4H2,1-3H3. The molecule has 0 saturated heterocycles. The molecule has 1 aliphatic heterocycles. The first-order valence-corrected chi connectivity index (χ1v) is 7.68.